The number of fused-ring (bicyclic) bond motifs is 1. The first-order chi connectivity index (χ1) is 12.6. The van der Waals surface area contributed by atoms with Gasteiger partial charge in [0.15, 0.2) is 6.61 Å². The molecule has 2 saturated heterocycles. The Morgan fingerprint density at radius 2 is 1.81 bits per heavy atom. The number of ether oxygens (including phenoxy) is 2. The molecule has 1 aromatic heterocycles. The Labute approximate surface area is 151 Å². The van der Waals surface area contributed by atoms with Crippen LogP contribution in [0.4, 0.5) is 0 Å². The van der Waals surface area contributed by atoms with Crippen LogP contribution >= 0.6 is 0 Å². The van der Waals surface area contributed by atoms with E-state index in [1.54, 1.807) is 18.2 Å². The number of rotatable bonds is 3. The molecule has 26 heavy (non-hydrogen) atoms. The maximum Gasteiger partial charge on any atom is 0.336 e. The van der Waals surface area contributed by atoms with Gasteiger partial charge in [-0.15, -0.1) is 0 Å². The number of hydrogen-bond acceptors (Lipinski definition) is 5. The van der Waals surface area contributed by atoms with Crippen molar-refractivity contribution in [3.05, 3.63) is 40.8 Å². The number of carbonyl (C=O) groups excluding carboxylic acids is 1. The number of nitrogens with zero attached hydrogens (tertiary/aromatic N) is 1. The van der Waals surface area contributed by atoms with Crippen molar-refractivity contribution >= 4 is 16.9 Å². The molecule has 0 N–H and O–H groups in total. The van der Waals surface area contributed by atoms with Crippen LogP contribution in [0.15, 0.2) is 39.5 Å². The summed E-state index contributed by atoms with van der Waals surface area (Å²) in [7, 11) is 0. The van der Waals surface area contributed by atoms with E-state index in [0.29, 0.717) is 16.7 Å². The van der Waals surface area contributed by atoms with Gasteiger partial charge in [-0.2, -0.15) is 0 Å². The average molecular weight is 357 g/mol. The average Bonchev–Trinajstić information content (AvgIpc) is 2.67. The SMILES string of the molecule is O=C(COc1ccc2ccc(=O)oc2c1)N1CCC2(CCOCC2)CC1. The Bertz CT molecular complexity index is 843. The predicted molar refractivity (Wildman–Crippen MR) is 96.3 cm³/mol. The summed E-state index contributed by atoms with van der Waals surface area (Å²) in [6, 6.07) is 8.33. The summed E-state index contributed by atoms with van der Waals surface area (Å²) >= 11 is 0. The summed E-state index contributed by atoms with van der Waals surface area (Å²) in [4.78, 5) is 25.7. The molecule has 138 valence electrons. The van der Waals surface area contributed by atoms with Crippen molar-refractivity contribution in [3.8, 4) is 5.75 Å². The normalized spacial score (nSPS) is 19.6. The third kappa shape index (κ3) is 3.60. The fraction of sp³-hybridized carbons (Fsp3) is 0.500. The summed E-state index contributed by atoms with van der Waals surface area (Å²) in [5.74, 6) is 0.527. The zero-order valence-electron chi connectivity index (χ0n) is 14.7. The topological polar surface area (TPSA) is 69.0 Å². The molecule has 0 radical (unpaired) electrons. The predicted octanol–water partition coefficient (Wildman–Crippen LogP) is 2.59. The number of piperidine rings is 1. The number of benzene rings is 1. The smallest absolute Gasteiger partial charge is 0.336 e. The van der Waals surface area contributed by atoms with Crippen molar-refractivity contribution in [1.82, 2.24) is 4.90 Å². The van der Waals surface area contributed by atoms with E-state index in [1.807, 2.05) is 11.0 Å². The van der Waals surface area contributed by atoms with Crippen LogP contribution in [0.1, 0.15) is 25.7 Å². The molecule has 0 unspecified atom stereocenters. The molecule has 6 nitrogen and oxygen atoms in total. The molecule has 0 aliphatic carbocycles. The van der Waals surface area contributed by atoms with E-state index in [4.69, 9.17) is 13.9 Å². The van der Waals surface area contributed by atoms with Crippen LogP contribution < -0.4 is 10.4 Å². The van der Waals surface area contributed by atoms with E-state index in [1.165, 1.54) is 6.07 Å². The lowest BCUT2D eigenvalue weighted by molar-refractivity contribution is -0.136. The van der Waals surface area contributed by atoms with Gasteiger partial charge in [0.05, 0.1) is 0 Å². The lowest BCUT2D eigenvalue weighted by atomic mass is 9.72. The van der Waals surface area contributed by atoms with Gasteiger partial charge in [-0.3, -0.25) is 4.79 Å². The summed E-state index contributed by atoms with van der Waals surface area (Å²) in [5.41, 5.74) is 0.425. The zero-order valence-corrected chi connectivity index (χ0v) is 14.7. The highest BCUT2D eigenvalue weighted by Crippen LogP contribution is 2.40. The molecule has 0 atom stereocenters. The largest absolute Gasteiger partial charge is 0.484 e. The van der Waals surface area contributed by atoms with Crippen molar-refractivity contribution < 1.29 is 18.7 Å². The van der Waals surface area contributed by atoms with E-state index in [-0.39, 0.29) is 12.5 Å². The maximum absolute atomic E-state index is 12.5. The number of hydrogen-bond donors (Lipinski definition) is 0. The fourth-order valence-electron chi connectivity index (χ4n) is 3.90. The first kappa shape index (κ1) is 17.1. The van der Waals surface area contributed by atoms with E-state index >= 15 is 0 Å². The third-order valence-electron chi connectivity index (χ3n) is 5.69. The second-order valence-corrected chi connectivity index (χ2v) is 7.24. The van der Waals surface area contributed by atoms with E-state index in [2.05, 4.69) is 0 Å². The lowest BCUT2D eigenvalue weighted by Gasteiger charge is -2.44. The van der Waals surface area contributed by atoms with Crippen LogP contribution in [0.25, 0.3) is 11.0 Å². The van der Waals surface area contributed by atoms with Crippen LogP contribution in [-0.4, -0.2) is 43.7 Å². The molecular formula is C20H23NO5. The van der Waals surface area contributed by atoms with Gasteiger partial charge in [-0.25, -0.2) is 4.79 Å². The Hall–Kier alpha value is -2.34. The fourth-order valence-corrected chi connectivity index (χ4v) is 3.90. The highest BCUT2D eigenvalue weighted by Gasteiger charge is 2.37. The molecule has 1 spiro atoms. The van der Waals surface area contributed by atoms with Gasteiger partial charge in [0.25, 0.3) is 5.91 Å². The van der Waals surface area contributed by atoms with Crippen LogP contribution in [0, 0.1) is 5.41 Å². The van der Waals surface area contributed by atoms with E-state index in [0.717, 1.165) is 57.4 Å². The standard InChI is InChI=1S/C20H23NO5/c22-18(21-9-5-20(6-10-21)7-11-24-12-8-20)14-25-16-3-1-15-2-4-19(23)26-17(15)13-16/h1-4,13H,5-12,14H2. The van der Waals surface area contributed by atoms with Gasteiger partial charge < -0.3 is 18.8 Å². The Kier molecular flexibility index (Phi) is 4.68. The Balaban J connectivity index is 1.33. The Morgan fingerprint density at radius 1 is 1.08 bits per heavy atom. The molecule has 2 aromatic rings. The van der Waals surface area contributed by atoms with Gasteiger partial charge in [0.1, 0.15) is 11.3 Å². The summed E-state index contributed by atoms with van der Waals surface area (Å²) < 4.78 is 16.2. The van der Waals surface area contributed by atoms with Gasteiger partial charge in [0, 0.05) is 43.8 Å². The maximum atomic E-state index is 12.5. The highest BCUT2D eigenvalue weighted by molar-refractivity contribution is 5.79. The molecule has 4 rings (SSSR count). The van der Waals surface area contributed by atoms with Crippen LogP contribution in [0.3, 0.4) is 0 Å². The summed E-state index contributed by atoms with van der Waals surface area (Å²) in [5, 5.41) is 0.820. The first-order valence-electron chi connectivity index (χ1n) is 9.16. The molecule has 1 aromatic carbocycles. The van der Waals surface area contributed by atoms with Crippen molar-refractivity contribution in [2.24, 2.45) is 5.41 Å². The first-order valence-corrected chi connectivity index (χ1v) is 9.16. The Morgan fingerprint density at radius 3 is 2.58 bits per heavy atom. The van der Waals surface area contributed by atoms with E-state index < -0.39 is 5.63 Å². The van der Waals surface area contributed by atoms with Gasteiger partial charge >= 0.3 is 5.63 Å². The molecule has 2 fully saturated rings. The van der Waals surface area contributed by atoms with Crippen molar-refractivity contribution in [1.29, 1.82) is 0 Å². The monoisotopic (exact) mass is 357 g/mol. The van der Waals surface area contributed by atoms with Crippen LogP contribution in [0.2, 0.25) is 0 Å². The third-order valence-corrected chi connectivity index (χ3v) is 5.69. The van der Waals surface area contributed by atoms with Gasteiger partial charge in [0.2, 0.25) is 0 Å². The van der Waals surface area contributed by atoms with Crippen LogP contribution in [-0.2, 0) is 9.53 Å². The minimum Gasteiger partial charge on any atom is -0.484 e. The molecule has 2 aliphatic heterocycles. The lowest BCUT2D eigenvalue weighted by Crippen LogP contribution is -2.46. The van der Waals surface area contributed by atoms with Crippen molar-refractivity contribution in [2.75, 3.05) is 32.9 Å². The molecule has 3 heterocycles. The summed E-state index contributed by atoms with van der Waals surface area (Å²) in [6.07, 6.45) is 4.30. The minimum absolute atomic E-state index is 0.00131. The number of amides is 1. The van der Waals surface area contributed by atoms with Gasteiger partial charge in [-0.05, 0) is 49.3 Å². The molecule has 2 aliphatic rings. The molecule has 0 saturated carbocycles. The number of carbonyl (C=O) groups is 1. The second-order valence-electron chi connectivity index (χ2n) is 7.24. The molecule has 6 heteroatoms. The van der Waals surface area contributed by atoms with Crippen molar-refractivity contribution in [3.63, 3.8) is 0 Å². The van der Waals surface area contributed by atoms with E-state index in [9.17, 15) is 9.59 Å². The highest BCUT2D eigenvalue weighted by atomic mass is 16.5. The quantitative estimate of drug-likeness (QED) is 0.790. The zero-order chi connectivity index (χ0) is 18.0. The molecular weight excluding hydrogens is 334 g/mol. The van der Waals surface area contributed by atoms with Crippen LogP contribution in [0.5, 0.6) is 5.75 Å². The van der Waals surface area contributed by atoms with Crippen molar-refractivity contribution in [2.45, 2.75) is 25.7 Å². The molecule has 0 bridgehead atoms. The molecule has 1 amide bonds. The number of likely N-dealkylation sites (tertiary alicyclic amines) is 1. The second kappa shape index (κ2) is 7.11. The summed E-state index contributed by atoms with van der Waals surface area (Å²) in [6.45, 7) is 3.26. The van der Waals surface area contributed by atoms with Gasteiger partial charge in [-0.1, -0.05) is 0 Å². The minimum atomic E-state index is -0.402.